The summed E-state index contributed by atoms with van der Waals surface area (Å²) in [5.74, 6) is 0.230. The van der Waals surface area contributed by atoms with E-state index < -0.39 is 5.60 Å². The van der Waals surface area contributed by atoms with Crippen molar-refractivity contribution in [2.45, 2.75) is 89.2 Å². The highest BCUT2D eigenvalue weighted by Crippen LogP contribution is 2.40. The average Bonchev–Trinajstić information content (AvgIpc) is 2.89. The predicted molar refractivity (Wildman–Crippen MR) is 142 cm³/mol. The monoisotopic (exact) mass is 505 g/mol. The van der Waals surface area contributed by atoms with Crippen molar-refractivity contribution in [1.82, 2.24) is 15.5 Å². The third-order valence-electron chi connectivity index (χ3n) is 8.33. The van der Waals surface area contributed by atoms with Crippen LogP contribution in [0.4, 0.5) is 9.18 Å². The number of aliphatic hydroxyl groups is 1. The highest BCUT2D eigenvalue weighted by Gasteiger charge is 2.41. The van der Waals surface area contributed by atoms with E-state index in [0.717, 1.165) is 38.6 Å². The highest BCUT2D eigenvalue weighted by molar-refractivity contribution is 5.74. The molecule has 6 nitrogen and oxygen atoms in total. The molecule has 3 atom stereocenters. The van der Waals surface area contributed by atoms with Gasteiger partial charge in [-0.25, -0.2) is 9.18 Å². The second kappa shape index (κ2) is 14.3. The highest BCUT2D eigenvalue weighted by atomic mass is 19.1. The lowest BCUT2D eigenvalue weighted by atomic mass is 9.74. The SMILES string of the molecule is CNCC(CC1CCCCC1)NC(=O)N1CCCC([C@@](O)(CCCCOC)c2ccc(C)c(F)c2)C1. The Morgan fingerprint density at radius 1 is 1.22 bits per heavy atom. The number of rotatable bonds is 12. The van der Waals surface area contributed by atoms with Crippen LogP contribution in [0, 0.1) is 24.6 Å². The van der Waals surface area contributed by atoms with E-state index in [1.54, 1.807) is 20.1 Å². The molecular weight excluding hydrogens is 457 g/mol. The third kappa shape index (κ3) is 7.90. The van der Waals surface area contributed by atoms with E-state index in [9.17, 15) is 14.3 Å². The van der Waals surface area contributed by atoms with E-state index in [1.807, 2.05) is 18.0 Å². The number of aryl methyl sites for hydroxylation is 1. The molecule has 0 spiro atoms. The number of unbranched alkanes of at least 4 members (excludes halogenated alkanes) is 1. The number of nitrogens with zero attached hydrogens (tertiary/aromatic N) is 1. The maximum Gasteiger partial charge on any atom is 0.317 e. The largest absolute Gasteiger partial charge is 0.385 e. The van der Waals surface area contributed by atoms with Gasteiger partial charge < -0.3 is 25.4 Å². The molecule has 2 fully saturated rings. The predicted octanol–water partition coefficient (Wildman–Crippen LogP) is 5.12. The van der Waals surface area contributed by atoms with Gasteiger partial charge in [-0.2, -0.15) is 0 Å². The van der Waals surface area contributed by atoms with Gasteiger partial charge in [-0.1, -0.05) is 44.2 Å². The van der Waals surface area contributed by atoms with Crippen LogP contribution in [0.1, 0.15) is 81.8 Å². The van der Waals surface area contributed by atoms with Crippen molar-refractivity contribution in [2.75, 3.05) is 40.4 Å². The number of likely N-dealkylation sites (N-methyl/N-ethyl adjacent to an activating group) is 1. The van der Waals surface area contributed by atoms with Crippen molar-refractivity contribution in [3.63, 3.8) is 0 Å². The Morgan fingerprint density at radius 2 is 2.00 bits per heavy atom. The van der Waals surface area contributed by atoms with Gasteiger partial charge in [0, 0.05) is 45.3 Å². The van der Waals surface area contributed by atoms with E-state index in [0.29, 0.717) is 43.2 Å². The fraction of sp³-hybridized carbons (Fsp3) is 0.759. The van der Waals surface area contributed by atoms with Crippen molar-refractivity contribution in [2.24, 2.45) is 11.8 Å². The van der Waals surface area contributed by atoms with Crippen LogP contribution in [0.3, 0.4) is 0 Å². The summed E-state index contributed by atoms with van der Waals surface area (Å²) in [6.45, 7) is 4.27. The summed E-state index contributed by atoms with van der Waals surface area (Å²) in [6.07, 6.45) is 11.2. The molecule has 204 valence electrons. The fourth-order valence-corrected chi connectivity index (χ4v) is 6.17. The van der Waals surface area contributed by atoms with Crippen molar-refractivity contribution < 1.29 is 19.0 Å². The minimum atomic E-state index is -1.19. The molecule has 0 aromatic heterocycles. The Balaban J connectivity index is 1.70. The number of hydrogen-bond donors (Lipinski definition) is 3. The second-order valence-corrected chi connectivity index (χ2v) is 11.1. The zero-order valence-corrected chi connectivity index (χ0v) is 22.7. The molecule has 2 aliphatic rings. The van der Waals surface area contributed by atoms with Gasteiger partial charge in [0.05, 0.1) is 5.60 Å². The van der Waals surface area contributed by atoms with Crippen LogP contribution >= 0.6 is 0 Å². The first-order valence-corrected chi connectivity index (χ1v) is 14.0. The molecule has 0 bridgehead atoms. The first kappa shape index (κ1) is 28.9. The Morgan fingerprint density at radius 3 is 2.69 bits per heavy atom. The van der Waals surface area contributed by atoms with Gasteiger partial charge in [0.2, 0.25) is 0 Å². The number of urea groups is 1. The topological polar surface area (TPSA) is 73.8 Å². The fourth-order valence-electron chi connectivity index (χ4n) is 6.17. The average molecular weight is 506 g/mol. The lowest BCUT2D eigenvalue weighted by Gasteiger charge is -2.43. The van der Waals surface area contributed by atoms with Gasteiger partial charge in [0.1, 0.15) is 5.82 Å². The summed E-state index contributed by atoms with van der Waals surface area (Å²) in [6, 6.07) is 5.13. The molecule has 36 heavy (non-hydrogen) atoms. The molecule has 2 amide bonds. The lowest BCUT2D eigenvalue weighted by molar-refractivity contribution is -0.0566. The lowest BCUT2D eigenvalue weighted by Crippen LogP contribution is -2.54. The van der Waals surface area contributed by atoms with Crippen molar-refractivity contribution >= 4 is 6.03 Å². The Labute approximate surface area is 217 Å². The van der Waals surface area contributed by atoms with Crippen LogP contribution < -0.4 is 10.6 Å². The van der Waals surface area contributed by atoms with Gasteiger partial charge in [-0.15, -0.1) is 0 Å². The first-order chi connectivity index (χ1) is 17.4. The van der Waals surface area contributed by atoms with Crippen LogP contribution in [-0.4, -0.2) is 62.5 Å². The number of piperidine rings is 1. The normalized spacial score (nSPS) is 21.7. The van der Waals surface area contributed by atoms with Crippen LogP contribution in [0.15, 0.2) is 18.2 Å². The van der Waals surface area contributed by atoms with E-state index in [2.05, 4.69) is 10.6 Å². The first-order valence-electron chi connectivity index (χ1n) is 14.0. The summed E-state index contributed by atoms with van der Waals surface area (Å²) in [7, 11) is 3.61. The van der Waals surface area contributed by atoms with Crippen LogP contribution in [0.25, 0.3) is 0 Å². The summed E-state index contributed by atoms with van der Waals surface area (Å²) in [5, 5.41) is 18.6. The zero-order valence-electron chi connectivity index (χ0n) is 22.7. The Bertz CT molecular complexity index is 817. The molecule has 1 heterocycles. The number of nitrogens with one attached hydrogen (secondary N) is 2. The quantitative estimate of drug-likeness (QED) is 0.345. The zero-order chi connectivity index (χ0) is 26.0. The number of likely N-dealkylation sites (tertiary alicyclic amines) is 1. The molecule has 1 saturated carbocycles. The van der Waals surface area contributed by atoms with E-state index in [1.165, 1.54) is 38.2 Å². The number of carbonyl (C=O) groups excluding carboxylic acids is 1. The van der Waals surface area contributed by atoms with Crippen LogP contribution in [-0.2, 0) is 10.3 Å². The standard InChI is InChI=1S/C29H48FN3O3/c1-22-13-14-24(19-27(22)30)29(35,15-7-8-17-36-3)25-12-9-16-33(21-25)28(34)32-26(20-31-2)18-23-10-5-4-6-11-23/h13-14,19,23,25-26,31,35H,4-12,15-18,20-21H2,1-3H3,(H,32,34)/t25?,26?,29-/m1/s1. The molecule has 1 aromatic rings. The second-order valence-electron chi connectivity index (χ2n) is 11.1. The van der Waals surface area contributed by atoms with Gasteiger partial charge in [0.25, 0.3) is 0 Å². The number of carbonyl (C=O) groups is 1. The van der Waals surface area contributed by atoms with Gasteiger partial charge in [-0.05, 0) is 75.6 Å². The van der Waals surface area contributed by atoms with Crippen molar-refractivity contribution in [3.8, 4) is 0 Å². The summed E-state index contributed by atoms with van der Waals surface area (Å²) in [5.41, 5.74) is -0.00689. The minimum Gasteiger partial charge on any atom is -0.385 e. The molecule has 2 unspecified atom stereocenters. The maximum absolute atomic E-state index is 14.5. The molecule has 1 saturated heterocycles. The summed E-state index contributed by atoms with van der Waals surface area (Å²) < 4.78 is 19.7. The van der Waals surface area contributed by atoms with Gasteiger partial charge in [0.15, 0.2) is 0 Å². The van der Waals surface area contributed by atoms with Crippen molar-refractivity contribution in [3.05, 3.63) is 35.1 Å². The Hall–Kier alpha value is -1.70. The number of hydrogen-bond acceptors (Lipinski definition) is 4. The molecular formula is C29H48FN3O3. The molecule has 1 aliphatic heterocycles. The third-order valence-corrected chi connectivity index (χ3v) is 8.33. The Kier molecular flexibility index (Phi) is 11.5. The number of halogens is 1. The summed E-state index contributed by atoms with van der Waals surface area (Å²) >= 11 is 0. The number of methoxy groups -OCH3 is 1. The van der Waals surface area contributed by atoms with Crippen LogP contribution in [0.2, 0.25) is 0 Å². The summed E-state index contributed by atoms with van der Waals surface area (Å²) in [4.78, 5) is 15.2. The molecule has 7 heteroatoms. The van der Waals surface area contributed by atoms with Crippen molar-refractivity contribution in [1.29, 1.82) is 0 Å². The maximum atomic E-state index is 14.5. The molecule has 3 N–H and O–H groups in total. The smallest absolute Gasteiger partial charge is 0.317 e. The number of amides is 2. The number of benzene rings is 1. The molecule has 3 rings (SSSR count). The molecule has 0 radical (unpaired) electrons. The van der Waals surface area contributed by atoms with Gasteiger partial charge in [-0.3, -0.25) is 0 Å². The molecule has 1 aliphatic carbocycles. The number of ether oxygens (including phenoxy) is 1. The van der Waals surface area contributed by atoms with E-state index >= 15 is 0 Å². The van der Waals surface area contributed by atoms with E-state index in [4.69, 9.17) is 4.74 Å². The minimum absolute atomic E-state index is 0.0485. The van der Waals surface area contributed by atoms with Gasteiger partial charge >= 0.3 is 6.03 Å². The van der Waals surface area contributed by atoms with Crippen LogP contribution in [0.5, 0.6) is 0 Å². The molecule has 1 aromatic carbocycles. The van der Waals surface area contributed by atoms with E-state index in [-0.39, 0.29) is 23.8 Å².